The molecule has 0 saturated heterocycles. The van der Waals surface area contributed by atoms with Crippen LogP contribution in [0.4, 0.5) is 0 Å². The fraction of sp³-hybridized carbons (Fsp3) is 0.588. The predicted molar refractivity (Wildman–Crippen MR) is 97.2 cm³/mol. The first kappa shape index (κ1) is 17.1. The summed E-state index contributed by atoms with van der Waals surface area (Å²) in [6.07, 6.45) is 10.1. The van der Waals surface area contributed by atoms with E-state index in [4.69, 9.17) is 4.74 Å². The molecule has 1 aliphatic rings. The summed E-state index contributed by atoms with van der Waals surface area (Å²) in [5.41, 5.74) is 2.14. The van der Waals surface area contributed by atoms with Crippen LogP contribution in [0.25, 0.3) is 11.0 Å². The highest BCUT2D eigenvalue weighted by Gasteiger charge is 2.30. The predicted octanol–water partition coefficient (Wildman–Crippen LogP) is 4.31. The SMILES string of the molecule is CSCCOCn1c(Br)c(C2CCCCC2)c2ccc[n+](O)c21. The van der Waals surface area contributed by atoms with Crippen molar-refractivity contribution in [2.24, 2.45) is 0 Å². The lowest BCUT2D eigenvalue weighted by Crippen LogP contribution is -2.32. The number of halogens is 1. The highest BCUT2D eigenvalue weighted by Crippen LogP contribution is 2.41. The van der Waals surface area contributed by atoms with Crippen LogP contribution in [0.15, 0.2) is 22.9 Å². The maximum absolute atomic E-state index is 10.3. The van der Waals surface area contributed by atoms with Gasteiger partial charge in [-0.15, -0.1) is 0 Å². The Morgan fingerprint density at radius 1 is 1.39 bits per heavy atom. The van der Waals surface area contributed by atoms with Gasteiger partial charge in [0.2, 0.25) is 0 Å². The van der Waals surface area contributed by atoms with Crippen LogP contribution >= 0.6 is 27.7 Å². The fourth-order valence-corrected chi connectivity index (χ4v) is 4.61. The Morgan fingerprint density at radius 3 is 2.91 bits per heavy atom. The van der Waals surface area contributed by atoms with Crippen molar-refractivity contribution in [3.8, 4) is 0 Å². The number of pyridine rings is 1. The molecule has 0 spiro atoms. The molecule has 0 aliphatic heterocycles. The minimum absolute atomic E-state index is 0.453. The molecule has 2 aromatic rings. The monoisotopic (exact) mass is 399 g/mol. The van der Waals surface area contributed by atoms with Crippen LogP contribution in [0.3, 0.4) is 0 Å². The molecule has 4 nitrogen and oxygen atoms in total. The second-order valence-corrected chi connectivity index (χ2v) is 7.82. The maximum Gasteiger partial charge on any atom is 0.331 e. The molecule has 0 atom stereocenters. The van der Waals surface area contributed by atoms with Gasteiger partial charge in [0.1, 0.15) is 6.20 Å². The molecule has 126 valence electrons. The van der Waals surface area contributed by atoms with Crippen LogP contribution in [-0.4, -0.2) is 28.4 Å². The van der Waals surface area contributed by atoms with E-state index < -0.39 is 0 Å². The molecule has 6 heteroatoms. The van der Waals surface area contributed by atoms with Crippen molar-refractivity contribution >= 4 is 38.7 Å². The lowest BCUT2D eigenvalue weighted by atomic mass is 9.84. The van der Waals surface area contributed by atoms with Crippen molar-refractivity contribution in [3.63, 3.8) is 0 Å². The Hall–Kier alpha value is -0.720. The minimum Gasteiger partial charge on any atom is -0.350 e. The van der Waals surface area contributed by atoms with Gasteiger partial charge in [-0.2, -0.15) is 16.3 Å². The van der Waals surface area contributed by atoms with Gasteiger partial charge in [-0.1, -0.05) is 24.0 Å². The molecule has 3 rings (SSSR count). The number of hydrogen-bond acceptors (Lipinski definition) is 3. The molecular weight excluding hydrogens is 376 g/mol. The molecule has 1 aliphatic carbocycles. The minimum atomic E-state index is 0.453. The summed E-state index contributed by atoms with van der Waals surface area (Å²) in [6.45, 7) is 1.17. The summed E-state index contributed by atoms with van der Waals surface area (Å²) in [6, 6.07) is 4.01. The van der Waals surface area contributed by atoms with Crippen molar-refractivity contribution < 1.29 is 14.7 Å². The van der Waals surface area contributed by atoms with E-state index in [1.807, 2.05) is 10.6 Å². The molecular formula is C17H24BrN2O2S+. The van der Waals surface area contributed by atoms with Crippen LogP contribution in [0, 0.1) is 0 Å². The lowest BCUT2D eigenvalue weighted by Gasteiger charge is -2.20. The number of hydrogen-bond donors (Lipinski definition) is 1. The van der Waals surface area contributed by atoms with Gasteiger partial charge < -0.3 is 9.94 Å². The van der Waals surface area contributed by atoms with Crippen molar-refractivity contribution in [1.29, 1.82) is 0 Å². The van der Waals surface area contributed by atoms with Crippen LogP contribution in [0.1, 0.15) is 43.6 Å². The van der Waals surface area contributed by atoms with Gasteiger partial charge in [0.25, 0.3) is 0 Å². The number of ether oxygens (including phenoxy) is 1. The summed E-state index contributed by atoms with van der Waals surface area (Å²) in [5, 5.41) is 11.4. The molecule has 0 radical (unpaired) electrons. The average molecular weight is 400 g/mol. The van der Waals surface area contributed by atoms with Crippen LogP contribution in [-0.2, 0) is 11.5 Å². The van der Waals surface area contributed by atoms with Gasteiger partial charge in [0.15, 0.2) is 11.3 Å². The molecule has 23 heavy (non-hydrogen) atoms. The number of rotatable bonds is 6. The van der Waals surface area contributed by atoms with Crippen molar-refractivity contribution in [1.82, 2.24) is 4.57 Å². The van der Waals surface area contributed by atoms with Crippen LogP contribution < -0.4 is 4.73 Å². The molecule has 0 amide bonds. The number of fused-ring (bicyclic) bond motifs is 1. The third-order valence-electron chi connectivity index (χ3n) is 4.62. The first-order chi connectivity index (χ1) is 11.2. The first-order valence-corrected chi connectivity index (χ1v) is 10.4. The Morgan fingerprint density at radius 2 is 2.17 bits per heavy atom. The van der Waals surface area contributed by atoms with Crippen molar-refractivity contribution in [3.05, 3.63) is 28.5 Å². The van der Waals surface area contributed by atoms with E-state index in [1.54, 1.807) is 18.0 Å². The first-order valence-electron chi connectivity index (χ1n) is 8.22. The zero-order chi connectivity index (χ0) is 16.2. The molecule has 0 bridgehead atoms. The summed E-state index contributed by atoms with van der Waals surface area (Å²) in [5.74, 6) is 1.54. The third-order valence-corrected chi connectivity index (χ3v) is 6.05. The fourth-order valence-electron chi connectivity index (χ4n) is 3.51. The summed E-state index contributed by atoms with van der Waals surface area (Å²) >= 11 is 5.56. The number of thioether (sulfide) groups is 1. The number of aromatic nitrogens is 2. The highest BCUT2D eigenvalue weighted by atomic mass is 79.9. The second-order valence-electron chi connectivity index (χ2n) is 6.09. The van der Waals surface area contributed by atoms with Gasteiger partial charge in [0, 0.05) is 11.3 Å². The standard InChI is InChI=1S/C17H24BrN2O2S/c1-23-11-10-22-12-19-16(18)15(13-6-3-2-4-7-13)14-8-5-9-20(21)17(14)19/h5,8-9,13,21H,2-4,6-7,10-12H2,1H3/q+1. The normalized spacial score (nSPS) is 16.3. The van der Waals surface area contributed by atoms with E-state index in [0.717, 1.165) is 21.4 Å². The van der Waals surface area contributed by atoms with Gasteiger partial charge >= 0.3 is 5.65 Å². The Bertz CT molecular complexity index is 668. The highest BCUT2D eigenvalue weighted by molar-refractivity contribution is 9.10. The van der Waals surface area contributed by atoms with Crippen molar-refractivity contribution in [2.75, 3.05) is 18.6 Å². The maximum atomic E-state index is 10.3. The van der Waals surface area contributed by atoms with Gasteiger partial charge in [-0.25, -0.2) is 0 Å². The van der Waals surface area contributed by atoms with Crippen molar-refractivity contribution in [2.45, 2.75) is 44.8 Å². The quantitative estimate of drug-likeness (QED) is 0.446. The van der Waals surface area contributed by atoms with Crippen LogP contribution in [0.5, 0.6) is 0 Å². The van der Waals surface area contributed by atoms with Gasteiger partial charge in [-0.05, 0) is 53.1 Å². The molecule has 2 heterocycles. The van der Waals surface area contributed by atoms with Gasteiger partial charge in [0.05, 0.1) is 12.0 Å². The molecule has 0 unspecified atom stereocenters. The van der Waals surface area contributed by atoms with E-state index in [2.05, 4.69) is 28.3 Å². The smallest absolute Gasteiger partial charge is 0.331 e. The van der Waals surface area contributed by atoms with E-state index in [0.29, 0.717) is 19.3 Å². The average Bonchev–Trinajstić information content (AvgIpc) is 2.85. The van der Waals surface area contributed by atoms with Crippen LogP contribution in [0.2, 0.25) is 0 Å². The Kier molecular flexibility index (Phi) is 5.88. The summed E-state index contributed by atoms with van der Waals surface area (Å²) in [7, 11) is 0. The molecule has 1 saturated carbocycles. The number of nitrogens with zero attached hydrogens (tertiary/aromatic N) is 2. The third kappa shape index (κ3) is 3.54. The molecule has 1 fully saturated rings. The second kappa shape index (κ2) is 7.90. The summed E-state index contributed by atoms with van der Waals surface area (Å²) in [4.78, 5) is 0. The Balaban J connectivity index is 1.99. The van der Waals surface area contributed by atoms with E-state index in [9.17, 15) is 5.21 Å². The van der Waals surface area contributed by atoms with E-state index in [1.165, 1.54) is 42.4 Å². The van der Waals surface area contributed by atoms with Gasteiger partial charge in [-0.3, -0.25) is 0 Å². The van der Waals surface area contributed by atoms with E-state index >= 15 is 0 Å². The zero-order valence-electron chi connectivity index (χ0n) is 13.5. The lowest BCUT2D eigenvalue weighted by molar-refractivity contribution is -0.886. The molecule has 1 N–H and O–H groups in total. The Labute approximate surface area is 149 Å². The molecule has 0 aromatic carbocycles. The largest absolute Gasteiger partial charge is 0.350 e. The molecule has 2 aromatic heterocycles. The summed E-state index contributed by atoms with van der Waals surface area (Å²) < 4.78 is 10.1. The topological polar surface area (TPSA) is 38.3 Å². The zero-order valence-corrected chi connectivity index (χ0v) is 15.9. The van der Waals surface area contributed by atoms with E-state index in [-0.39, 0.29) is 0 Å².